The summed E-state index contributed by atoms with van der Waals surface area (Å²) in [6, 6.07) is 8.30. The Morgan fingerprint density at radius 1 is 1.12 bits per heavy atom. The molecular formula is C25H37N3O5. The first-order valence-electron chi connectivity index (χ1n) is 11.8. The Morgan fingerprint density at radius 3 is 2.39 bits per heavy atom. The summed E-state index contributed by atoms with van der Waals surface area (Å²) in [5, 5.41) is 2.82. The second-order valence-corrected chi connectivity index (χ2v) is 10.2. The van der Waals surface area contributed by atoms with Gasteiger partial charge in [-0.15, -0.1) is 0 Å². The fraction of sp³-hybridized carbons (Fsp3) is 0.640. The number of hydrogen-bond donors (Lipinski definition) is 2. The van der Waals surface area contributed by atoms with Crippen LogP contribution < -0.4 is 11.1 Å². The lowest BCUT2D eigenvalue weighted by Gasteiger charge is -2.38. The Kier molecular flexibility index (Phi) is 8.00. The molecule has 8 nitrogen and oxygen atoms in total. The van der Waals surface area contributed by atoms with E-state index < -0.39 is 35.3 Å². The fourth-order valence-corrected chi connectivity index (χ4v) is 4.80. The Labute approximate surface area is 196 Å². The fourth-order valence-electron chi connectivity index (χ4n) is 4.80. The first kappa shape index (κ1) is 25.0. The van der Waals surface area contributed by atoms with Crippen molar-refractivity contribution in [3.63, 3.8) is 0 Å². The van der Waals surface area contributed by atoms with Crippen LogP contribution in [0.4, 0.5) is 9.59 Å². The minimum absolute atomic E-state index is 0.0187. The van der Waals surface area contributed by atoms with Crippen LogP contribution in [0.25, 0.3) is 0 Å². The lowest BCUT2D eigenvalue weighted by atomic mass is 9.69. The third kappa shape index (κ3) is 6.47. The van der Waals surface area contributed by atoms with Gasteiger partial charge in [-0.1, -0.05) is 49.6 Å². The number of benzene rings is 1. The predicted molar refractivity (Wildman–Crippen MR) is 124 cm³/mol. The molecule has 3 N–H and O–H groups in total. The van der Waals surface area contributed by atoms with Crippen molar-refractivity contribution in [3.05, 3.63) is 35.9 Å². The van der Waals surface area contributed by atoms with Crippen molar-refractivity contribution < 1.29 is 23.9 Å². The van der Waals surface area contributed by atoms with Gasteiger partial charge in [0.05, 0.1) is 12.1 Å². The molecule has 8 heteroatoms. The van der Waals surface area contributed by atoms with Gasteiger partial charge in [0.25, 0.3) is 0 Å². The SMILES string of the molecule is CC(C)(C)OC(=O)NC1CC(C(=O)C2(CN)CCCCC2)N(C(=O)OCc2ccccc2)C1. The average Bonchev–Trinajstić information content (AvgIpc) is 3.20. The normalized spacial score (nSPS) is 22.5. The number of Topliss-reactive ketones (excluding diaryl/α,β-unsaturated/α-hetero) is 1. The van der Waals surface area contributed by atoms with Crippen molar-refractivity contribution in [3.8, 4) is 0 Å². The zero-order chi connectivity index (χ0) is 24.1. The van der Waals surface area contributed by atoms with Crippen LogP contribution in [-0.2, 0) is 20.9 Å². The zero-order valence-electron chi connectivity index (χ0n) is 20.0. The number of hydrogen-bond acceptors (Lipinski definition) is 6. The molecule has 1 aliphatic heterocycles. The van der Waals surface area contributed by atoms with Crippen molar-refractivity contribution in [2.45, 2.75) is 83.6 Å². The first-order chi connectivity index (χ1) is 15.6. The van der Waals surface area contributed by atoms with Gasteiger partial charge >= 0.3 is 12.2 Å². The quantitative estimate of drug-likeness (QED) is 0.670. The predicted octanol–water partition coefficient (Wildman–Crippen LogP) is 3.77. The number of alkyl carbamates (subject to hydrolysis) is 1. The Morgan fingerprint density at radius 2 is 1.79 bits per heavy atom. The Hall–Kier alpha value is -2.61. The average molecular weight is 460 g/mol. The van der Waals surface area contributed by atoms with Crippen LogP contribution in [0.2, 0.25) is 0 Å². The van der Waals surface area contributed by atoms with Gasteiger partial charge in [-0.3, -0.25) is 9.69 Å². The molecule has 0 spiro atoms. The molecule has 1 saturated heterocycles. The summed E-state index contributed by atoms with van der Waals surface area (Å²) in [7, 11) is 0. The number of carbonyl (C=O) groups excluding carboxylic acids is 3. The van der Waals surface area contributed by atoms with E-state index >= 15 is 0 Å². The number of amides is 2. The van der Waals surface area contributed by atoms with Crippen molar-refractivity contribution in [2.75, 3.05) is 13.1 Å². The number of rotatable bonds is 6. The van der Waals surface area contributed by atoms with Crippen molar-refractivity contribution in [1.29, 1.82) is 0 Å². The van der Waals surface area contributed by atoms with Gasteiger partial charge in [-0.25, -0.2) is 9.59 Å². The van der Waals surface area contributed by atoms with Crippen LogP contribution in [0.5, 0.6) is 0 Å². The molecule has 1 heterocycles. The van der Waals surface area contributed by atoms with E-state index in [0.717, 1.165) is 37.7 Å². The van der Waals surface area contributed by atoms with Gasteiger partial charge in [0.1, 0.15) is 12.2 Å². The highest BCUT2D eigenvalue weighted by atomic mass is 16.6. The molecule has 1 aromatic rings. The van der Waals surface area contributed by atoms with Crippen LogP contribution in [0.1, 0.15) is 64.9 Å². The lowest BCUT2D eigenvalue weighted by Crippen LogP contribution is -2.51. The number of nitrogens with one attached hydrogen (secondary N) is 1. The van der Waals surface area contributed by atoms with E-state index in [1.165, 1.54) is 4.90 Å². The largest absolute Gasteiger partial charge is 0.445 e. The minimum Gasteiger partial charge on any atom is -0.445 e. The zero-order valence-corrected chi connectivity index (χ0v) is 20.0. The molecule has 0 bridgehead atoms. The third-order valence-electron chi connectivity index (χ3n) is 6.49. The summed E-state index contributed by atoms with van der Waals surface area (Å²) in [5.41, 5.74) is 5.70. The van der Waals surface area contributed by atoms with Gasteiger partial charge in [-0.2, -0.15) is 0 Å². The second-order valence-electron chi connectivity index (χ2n) is 10.2. The number of ketones is 1. The molecule has 2 fully saturated rings. The smallest absolute Gasteiger partial charge is 0.410 e. The number of ether oxygens (including phenoxy) is 2. The van der Waals surface area contributed by atoms with Crippen molar-refractivity contribution >= 4 is 18.0 Å². The summed E-state index contributed by atoms with van der Waals surface area (Å²) in [6.45, 7) is 5.92. The summed E-state index contributed by atoms with van der Waals surface area (Å²) < 4.78 is 10.9. The number of carbonyl (C=O) groups is 3. The molecule has 0 radical (unpaired) electrons. The standard InChI is InChI=1S/C25H37N3O5/c1-24(2,3)33-22(30)27-19-14-20(21(29)25(17-26)12-8-5-9-13-25)28(15-19)23(31)32-16-18-10-6-4-7-11-18/h4,6-7,10-11,19-20H,5,8-9,12-17,26H2,1-3H3,(H,27,30). The van der Waals surface area contributed by atoms with E-state index in [1.807, 2.05) is 30.3 Å². The van der Waals surface area contributed by atoms with E-state index in [1.54, 1.807) is 20.8 Å². The van der Waals surface area contributed by atoms with Gasteiger partial charge < -0.3 is 20.5 Å². The van der Waals surface area contributed by atoms with Gasteiger partial charge in [-0.05, 0) is 45.6 Å². The van der Waals surface area contributed by atoms with Crippen molar-refractivity contribution in [1.82, 2.24) is 10.2 Å². The molecule has 33 heavy (non-hydrogen) atoms. The molecule has 182 valence electrons. The number of likely N-dealkylation sites (tertiary alicyclic amines) is 1. The summed E-state index contributed by atoms with van der Waals surface area (Å²) in [5.74, 6) is -0.0187. The highest BCUT2D eigenvalue weighted by Gasteiger charge is 2.49. The third-order valence-corrected chi connectivity index (χ3v) is 6.49. The van der Waals surface area contributed by atoms with E-state index in [0.29, 0.717) is 6.42 Å². The van der Waals surface area contributed by atoms with Crippen LogP contribution in [0.3, 0.4) is 0 Å². The van der Waals surface area contributed by atoms with Gasteiger partial charge in [0.2, 0.25) is 0 Å². The molecule has 2 unspecified atom stereocenters. The Bertz CT molecular complexity index is 830. The Balaban J connectivity index is 1.74. The van der Waals surface area contributed by atoms with Crippen LogP contribution in [0.15, 0.2) is 30.3 Å². The highest BCUT2D eigenvalue weighted by molar-refractivity contribution is 5.93. The van der Waals surface area contributed by atoms with Crippen LogP contribution in [-0.4, -0.2) is 53.6 Å². The number of nitrogens with zero attached hydrogens (tertiary/aromatic N) is 1. The molecular weight excluding hydrogens is 422 g/mol. The maximum absolute atomic E-state index is 13.7. The molecule has 3 rings (SSSR count). The summed E-state index contributed by atoms with van der Waals surface area (Å²) in [6.07, 6.45) is 3.65. The first-order valence-corrected chi connectivity index (χ1v) is 11.8. The molecule has 1 aromatic carbocycles. The topological polar surface area (TPSA) is 111 Å². The molecule has 1 aliphatic carbocycles. The van der Waals surface area contributed by atoms with Gasteiger partial charge in [0.15, 0.2) is 5.78 Å². The van der Waals surface area contributed by atoms with Crippen molar-refractivity contribution in [2.24, 2.45) is 11.1 Å². The molecule has 1 saturated carbocycles. The molecule has 2 atom stereocenters. The second kappa shape index (κ2) is 10.5. The van der Waals surface area contributed by atoms with E-state index in [9.17, 15) is 14.4 Å². The van der Waals surface area contributed by atoms with Crippen LogP contribution >= 0.6 is 0 Å². The minimum atomic E-state index is -0.685. The molecule has 2 aliphatic rings. The maximum atomic E-state index is 13.7. The van der Waals surface area contributed by atoms with Crippen LogP contribution in [0, 0.1) is 5.41 Å². The van der Waals surface area contributed by atoms with E-state index in [4.69, 9.17) is 15.2 Å². The summed E-state index contributed by atoms with van der Waals surface area (Å²) >= 11 is 0. The lowest BCUT2D eigenvalue weighted by molar-refractivity contribution is -0.134. The number of nitrogens with two attached hydrogens (primary N) is 1. The molecule has 2 amide bonds. The van der Waals surface area contributed by atoms with E-state index in [2.05, 4.69) is 5.32 Å². The maximum Gasteiger partial charge on any atom is 0.410 e. The van der Waals surface area contributed by atoms with Gasteiger partial charge in [0, 0.05) is 18.5 Å². The highest BCUT2D eigenvalue weighted by Crippen LogP contribution is 2.39. The summed E-state index contributed by atoms with van der Waals surface area (Å²) in [4.78, 5) is 40.6. The molecule has 0 aromatic heterocycles. The monoisotopic (exact) mass is 459 g/mol. The van der Waals surface area contributed by atoms with E-state index in [-0.39, 0.29) is 25.5 Å².